The largest absolute Gasteiger partial charge is 0.351 e. The van der Waals surface area contributed by atoms with Crippen molar-refractivity contribution in [2.75, 3.05) is 33.2 Å². The average Bonchev–Trinajstić information content (AvgIpc) is 3.02. The second kappa shape index (κ2) is 7.70. The van der Waals surface area contributed by atoms with Crippen LogP contribution in [0.2, 0.25) is 0 Å². The molecule has 0 aliphatic carbocycles. The molecule has 1 aromatic carbocycles. The molecule has 4 rings (SSSR count). The highest BCUT2D eigenvalue weighted by molar-refractivity contribution is 7.15. The van der Waals surface area contributed by atoms with Crippen molar-refractivity contribution in [3.05, 3.63) is 41.0 Å². The lowest BCUT2D eigenvalue weighted by atomic mass is 9.99. The lowest BCUT2D eigenvalue weighted by Gasteiger charge is -2.41. The Hall–Kier alpha value is -1.76. The van der Waals surface area contributed by atoms with Crippen molar-refractivity contribution < 1.29 is 4.79 Å². The number of likely N-dealkylation sites (tertiary alicyclic amines) is 2. The van der Waals surface area contributed by atoms with Gasteiger partial charge in [0.05, 0.1) is 22.3 Å². The van der Waals surface area contributed by atoms with Crippen LogP contribution in [-0.2, 0) is 11.2 Å². The summed E-state index contributed by atoms with van der Waals surface area (Å²) in [5, 5.41) is 4.34. The van der Waals surface area contributed by atoms with Crippen LogP contribution in [0.4, 0.5) is 0 Å². The van der Waals surface area contributed by atoms with Crippen LogP contribution in [0.25, 0.3) is 10.4 Å². The maximum Gasteiger partial charge on any atom is 0.224 e. The number of nitrogens with zero attached hydrogens (tertiary/aromatic N) is 3. The quantitative estimate of drug-likeness (QED) is 0.832. The lowest BCUT2D eigenvalue weighted by Crippen LogP contribution is -2.57. The average molecular weight is 385 g/mol. The molecule has 2 saturated heterocycles. The number of amides is 1. The van der Waals surface area contributed by atoms with Crippen molar-refractivity contribution in [1.82, 2.24) is 20.1 Å². The Kier molecular flexibility index (Phi) is 5.30. The third-order valence-electron chi connectivity index (χ3n) is 5.55. The van der Waals surface area contributed by atoms with Gasteiger partial charge in [-0.05, 0) is 32.0 Å². The summed E-state index contributed by atoms with van der Waals surface area (Å²) in [5.41, 5.74) is 2.24. The van der Waals surface area contributed by atoms with E-state index in [1.165, 1.54) is 15.4 Å². The van der Waals surface area contributed by atoms with Gasteiger partial charge in [0.25, 0.3) is 0 Å². The zero-order valence-electron chi connectivity index (χ0n) is 16.3. The van der Waals surface area contributed by atoms with E-state index in [2.05, 4.69) is 65.3 Å². The van der Waals surface area contributed by atoms with Crippen molar-refractivity contribution in [2.24, 2.45) is 0 Å². The van der Waals surface area contributed by atoms with E-state index < -0.39 is 0 Å². The van der Waals surface area contributed by atoms with E-state index >= 15 is 0 Å². The number of carbonyl (C=O) groups is 1. The third-order valence-corrected chi connectivity index (χ3v) is 6.75. The zero-order valence-corrected chi connectivity index (χ0v) is 17.1. The Morgan fingerprint density at radius 2 is 1.93 bits per heavy atom. The molecule has 0 unspecified atom stereocenters. The van der Waals surface area contributed by atoms with E-state index in [0.29, 0.717) is 24.4 Å². The number of rotatable bonds is 6. The number of aromatic nitrogens is 1. The first-order valence-electron chi connectivity index (χ1n) is 9.75. The molecule has 2 aliphatic rings. The number of hydrogen-bond acceptors (Lipinski definition) is 5. The summed E-state index contributed by atoms with van der Waals surface area (Å²) in [6, 6.07) is 9.28. The zero-order chi connectivity index (χ0) is 19.0. The fourth-order valence-corrected chi connectivity index (χ4v) is 4.75. The number of carbonyl (C=O) groups excluding carboxylic acids is 1. The summed E-state index contributed by atoms with van der Waals surface area (Å²) in [6.07, 6.45) is 2.44. The van der Waals surface area contributed by atoms with Gasteiger partial charge in [0.15, 0.2) is 0 Å². The molecule has 1 amide bonds. The Balaban J connectivity index is 1.32. The van der Waals surface area contributed by atoms with E-state index in [1.54, 1.807) is 11.3 Å². The summed E-state index contributed by atoms with van der Waals surface area (Å²) in [5.74, 6) is 0.695. The van der Waals surface area contributed by atoms with Gasteiger partial charge in [0.2, 0.25) is 5.91 Å². The molecule has 144 valence electrons. The van der Waals surface area contributed by atoms with Crippen LogP contribution in [0.15, 0.2) is 30.5 Å². The molecular weight excluding hydrogens is 356 g/mol. The first-order chi connectivity index (χ1) is 13.0. The molecule has 0 spiro atoms. The molecule has 0 atom stereocenters. The molecular formula is C21H28N4OS. The maximum absolute atomic E-state index is 12.1. The Morgan fingerprint density at radius 1 is 1.22 bits per heavy atom. The van der Waals surface area contributed by atoms with Crippen LogP contribution in [0.3, 0.4) is 0 Å². The fourth-order valence-electron chi connectivity index (χ4n) is 3.74. The molecule has 0 bridgehead atoms. The molecule has 6 heteroatoms. The van der Waals surface area contributed by atoms with Crippen LogP contribution in [0, 0.1) is 0 Å². The van der Waals surface area contributed by atoms with Crippen molar-refractivity contribution in [3.63, 3.8) is 0 Å². The number of nitrogens with one attached hydrogen (secondary N) is 1. The van der Waals surface area contributed by atoms with E-state index in [0.717, 1.165) is 31.7 Å². The van der Waals surface area contributed by atoms with Gasteiger partial charge >= 0.3 is 0 Å². The van der Waals surface area contributed by atoms with Crippen LogP contribution in [-0.4, -0.2) is 66.0 Å². The van der Waals surface area contributed by atoms with E-state index in [4.69, 9.17) is 0 Å². The first kappa shape index (κ1) is 18.6. The third kappa shape index (κ3) is 4.23. The summed E-state index contributed by atoms with van der Waals surface area (Å²) in [4.78, 5) is 22.7. The van der Waals surface area contributed by atoms with Gasteiger partial charge in [-0.2, -0.15) is 0 Å². The molecule has 1 N–H and O–H groups in total. The fraction of sp³-hybridized carbons (Fsp3) is 0.524. The second-order valence-electron chi connectivity index (χ2n) is 8.17. The van der Waals surface area contributed by atoms with Gasteiger partial charge in [0, 0.05) is 44.3 Å². The summed E-state index contributed by atoms with van der Waals surface area (Å²) >= 11 is 1.80. The van der Waals surface area contributed by atoms with Crippen LogP contribution >= 0.6 is 11.3 Å². The minimum absolute atomic E-state index is 0.112. The molecule has 2 fully saturated rings. The lowest BCUT2D eigenvalue weighted by molar-refractivity contribution is -0.122. The highest BCUT2D eigenvalue weighted by atomic mass is 32.1. The SMILES string of the molecule is CC(C)N1CC(c2ncc(-c3ccc(CC(=O)NC4CN(C)C4)cc3)s2)C1. The van der Waals surface area contributed by atoms with Crippen molar-refractivity contribution >= 4 is 17.2 Å². The van der Waals surface area contributed by atoms with Crippen LogP contribution < -0.4 is 5.32 Å². The van der Waals surface area contributed by atoms with Gasteiger partial charge in [-0.15, -0.1) is 11.3 Å². The van der Waals surface area contributed by atoms with Crippen LogP contribution in [0.1, 0.15) is 30.3 Å². The van der Waals surface area contributed by atoms with Crippen molar-refractivity contribution in [3.8, 4) is 10.4 Å². The van der Waals surface area contributed by atoms with Crippen LogP contribution in [0.5, 0.6) is 0 Å². The molecule has 5 nitrogen and oxygen atoms in total. The Morgan fingerprint density at radius 3 is 2.56 bits per heavy atom. The number of hydrogen-bond donors (Lipinski definition) is 1. The Bertz CT molecular complexity index is 789. The van der Waals surface area contributed by atoms with Crippen molar-refractivity contribution in [2.45, 2.75) is 38.3 Å². The normalized spacial score (nSPS) is 19.1. The van der Waals surface area contributed by atoms with Gasteiger partial charge < -0.3 is 10.2 Å². The molecule has 0 saturated carbocycles. The van der Waals surface area contributed by atoms with Gasteiger partial charge in [0.1, 0.15) is 0 Å². The topological polar surface area (TPSA) is 48.5 Å². The Labute approximate surface area is 165 Å². The second-order valence-corrected chi connectivity index (χ2v) is 9.23. The van der Waals surface area contributed by atoms with E-state index in [1.807, 2.05) is 6.20 Å². The van der Waals surface area contributed by atoms with Gasteiger partial charge in [-0.3, -0.25) is 9.69 Å². The predicted molar refractivity (Wildman–Crippen MR) is 110 cm³/mol. The summed E-state index contributed by atoms with van der Waals surface area (Å²) in [6.45, 7) is 8.64. The standard InChI is InChI=1S/C21H28N4OS/c1-14(2)25-10-17(11-25)21-22-9-19(27-21)16-6-4-15(5-7-16)8-20(26)23-18-12-24(3)13-18/h4-7,9,14,17-18H,8,10-13H2,1-3H3,(H,23,26). The maximum atomic E-state index is 12.1. The summed E-state index contributed by atoms with van der Waals surface area (Å²) in [7, 11) is 2.07. The minimum Gasteiger partial charge on any atom is -0.351 e. The number of benzene rings is 1. The number of likely N-dealkylation sites (N-methyl/N-ethyl adjacent to an activating group) is 1. The van der Waals surface area contributed by atoms with Gasteiger partial charge in [-0.1, -0.05) is 24.3 Å². The molecule has 1 aromatic heterocycles. The number of thiazole rings is 1. The van der Waals surface area contributed by atoms with E-state index in [9.17, 15) is 4.79 Å². The smallest absolute Gasteiger partial charge is 0.224 e. The minimum atomic E-state index is 0.112. The highest BCUT2D eigenvalue weighted by Gasteiger charge is 2.31. The molecule has 2 aliphatic heterocycles. The predicted octanol–water partition coefficient (Wildman–Crippen LogP) is 2.59. The molecule has 2 aromatic rings. The monoisotopic (exact) mass is 384 g/mol. The molecule has 3 heterocycles. The highest BCUT2D eigenvalue weighted by Crippen LogP contribution is 2.35. The van der Waals surface area contributed by atoms with Crippen molar-refractivity contribution in [1.29, 1.82) is 0 Å². The molecule has 27 heavy (non-hydrogen) atoms. The van der Waals surface area contributed by atoms with Gasteiger partial charge in [-0.25, -0.2) is 4.98 Å². The van der Waals surface area contributed by atoms with E-state index in [-0.39, 0.29) is 5.91 Å². The first-order valence-corrected chi connectivity index (χ1v) is 10.6. The summed E-state index contributed by atoms with van der Waals surface area (Å²) < 4.78 is 0. The molecule has 0 radical (unpaired) electrons.